The molecule has 22 heavy (non-hydrogen) atoms. The van der Waals surface area contributed by atoms with E-state index >= 15 is 0 Å². The van der Waals surface area contributed by atoms with Gasteiger partial charge in [-0.3, -0.25) is 10.1 Å². The van der Waals surface area contributed by atoms with Crippen molar-refractivity contribution in [3.63, 3.8) is 0 Å². The Bertz CT molecular complexity index is 692. The number of para-hydroxylation sites is 1. The molecule has 0 radical (unpaired) electrons. The average molecular weight is 319 g/mol. The van der Waals surface area contributed by atoms with E-state index in [0.29, 0.717) is 5.16 Å². The lowest BCUT2D eigenvalue weighted by Crippen LogP contribution is -2.38. The lowest BCUT2D eigenvalue weighted by molar-refractivity contribution is -0.117. The van der Waals surface area contributed by atoms with E-state index in [2.05, 4.69) is 25.9 Å². The molecule has 3 N–H and O–H groups in total. The summed E-state index contributed by atoms with van der Waals surface area (Å²) in [6.45, 7) is 2.72. The van der Waals surface area contributed by atoms with E-state index in [0.717, 1.165) is 23.3 Å². The highest BCUT2D eigenvalue weighted by molar-refractivity contribution is 7.99. The number of benzene rings is 1. The Morgan fingerprint density at radius 3 is 2.73 bits per heavy atom. The lowest BCUT2D eigenvalue weighted by Gasteiger charge is -2.09. The molecule has 0 fully saturated rings. The quantitative estimate of drug-likeness (QED) is 0.572. The maximum atomic E-state index is 11.6. The van der Waals surface area contributed by atoms with Crippen LogP contribution in [-0.2, 0) is 4.79 Å². The lowest BCUT2D eigenvalue weighted by atomic mass is 10.2. The summed E-state index contributed by atoms with van der Waals surface area (Å²) in [7, 11) is 1.45. The van der Waals surface area contributed by atoms with Gasteiger partial charge in [-0.2, -0.15) is 0 Å². The van der Waals surface area contributed by atoms with E-state index in [1.807, 2.05) is 31.2 Å². The van der Waals surface area contributed by atoms with Crippen LogP contribution in [0.25, 0.3) is 10.9 Å². The van der Waals surface area contributed by atoms with E-state index in [9.17, 15) is 9.59 Å². The molecule has 0 saturated heterocycles. The maximum absolute atomic E-state index is 11.6. The Kier molecular flexibility index (Phi) is 5.54. The number of fused-ring (bicyclic) bond motifs is 1. The zero-order valence-corrected chi connectivity index (χ0v) is 13.2. The van der Waals surface area contributed by atoms with Crippen molar-refractivity contribution < 1.29 is 9.59 Å². The minimum atomic E-state index is -0.529. The van der Waals surface area contributed by atoms with Crippen LogP contribution in [0.4, 0.5) is 10.6 Å². The third kappa shape index (κ3) is 4.08. The number of anilines is 1. The Morgan fingerprint density at radius 1 is 1.23 bits per heavy atom. The predicted molar refractivity (Wildman–Crippen MR) is 87.0 cm³/mol. The van der Waals surface area contributed by atoms with Crippen LogP contribution in [0.15, 0.2) is 29.4 Å². The van der Waals surface area contributed by atoms with Crippen LogP contribution in [0.2, 0.25) is 0 Å². The monoisotopic (exact) mass is 319 g/mol. The molecule has 0 saturated carbocycles. The van der Waals surface area contributed by atoms with Gasteiger partial charge in [0.25, 0.3) is 0 Å². The molecule has 1 heterocycles. The zero-order chi connectivity index (χ0) is 15.9. The van der Waals surface area contributed by atoms with Gasteiger partial charge in [0.15, 0.2) is 5.16 Å². The minimum Gasteiger partial charge on any atom is -0.370 e. The van der Waals surface area contributed by atoms with E-state index in [-0.39, 0.29) is 5.75 Å². The summed E-state index contributed by atoms with van der Waals surface area (Å²) in [6, 6.07) is 7.14. The highest BCUT2D eigenvalue weighted by Gasteiger charge is 2.11. The number of nitrogens with zero attached hydrogens (tertiary/aromatic N) is 2. The number of aromatic nitrogens is 2. The predicted octanol–water partition coefficient (Wildman–Crippen LogP) is 1.61. The van der Waals surface area contributed by atoms with E-state index < -0.39 is 11.9 Å². The van der Waals surface area contributed by atoms with E-state index in [4.69, 9.17) is 0 Å². The fourth-order valence-corrected chi connectivity index (χ4v) is 2.43. The average Bonchev–Trinajstić information content (AvgIpc) is 2.53. The first-order chi connectivity index (χ1) is 10.6. The van der Waals surface area contributed by atoms with Crippen molar-refractivity contribution in [1.29, 1.82) is 0 Å². The van der Waals surface area contributed by atoms with Crippen molar-refractivity contribution in [3.05, 3.63) is 24.3 Å². The van der Waals surface area contributed by atoms with Gasteiger partial charge in [-0.05, 0) is 19.1 Å². The number of carbonyl (C=O) groups excluding carboxylic acids is 2. The molecular weight excluding hydrogens is 302 g/mol. The second-order valence-corrected chi connectivity index (χ2v) is 5.26. The van der Waals surface area contributed by atoms with E-state index in [1.165, 1.54) is 18.8 Å². The first kappa shape index (κ1) is 16.0. The van der Waals surface area contributed by atoms with Gasteiger partial charge in [-0.1, -0.05) is 23.9 Å². The molecule has 3 amide bonds. The Hall–Kier alpha value is -2.35. The van der Waals surface area contributed by atoms with Crippen LogP contribution in [-0.4, -0.2) is 41.3 Å². The number of thioether (sulfide) groups is 1. The second kappa shape index (κ2) is 7.60. The third-order valence-electron chi connectivity index (χ3n) is 2.74. The molecule has 0 aliphatic heterocycles. The Morgan fingerprint density at radius 2 is 2.00 bits per heavy atom. The molecule has 0 spiro atoms. The van der Waals surface area contributed by atoms with Gasteiger partial charge in [-0.15, -0.1) is 0 Å². The summed E-state index contributed by atoms with van der Waals surface area (Å²) in [5.41, 5.74) is 0.808. The van der Waals surface area contributed by atoms with Gasteiger partial charge < -0.3 is 10.6 Å². The van der Waals surface area contributed by atoms with Crippen molar-refractivity contribution in [2.75, 3.05) is 24.7 Å². The van der Waals surface area contributed by atoms with Gasteiger partial charge in [0.2, 0.25) is 5.91 Å². The number of rotatable bonds is 5. The van der Waals surface area contributed by atoms with Crippen molar-refractivity contribution in [3.8, 4) is 0 Å². The number of amides is 3. The van der Waals surface area contributed by atoms with Gasteiger partial charge in [0.1, 0.15) is 5.82 Å². The highest BCUT2D eigenvalue weighted by atomic mass is 32.2. The molecule has 8 heteroatoms. The molecule has 0 unspecified atom stereocenters. The Labute approximate surface area is 132 Å². The Balaban J connectivity index is 2.14. The molecule has 0 aliphatic carbocycles. The molecule has 7 nitrogen and oxygen atoms in total. The normalized spacial score (nSPS) is 10.3. The minimum absolute atomic E-state index is 0.0668. The van der Waals surface area contributed by atoms with Crippen molar-refractivity contribution in [1.82, 2.24) is 20.6 Å². The topological polar surface area (TPSA) is 96.0 Å². The van der Waals surface area contributed by atoms with Gasteiger partial charge in [0.05, 0.1) is 11.3 Å². The van der Waals surface area contributed by atoms with Crippen LogP contribution in [0, 0.1) is 0 Å². The number of imide groups is 1. The number of hydrogen-bond donors (Lipinski definition) is 3. The van der Waals surface area contributed by atoms with Crippen molar-refractivity contribution >= 4 is 40.4 Å². The molecule has 2 rings (SSSR count). The third-order valence-corrected chi connectivity index (χ3v) is 3.59. The van der Waals surface area contributed by atoms with Crippen LogP contribution < -0.4 is 16.0 Å². The summed E-state index contributed by atoms with van der Waals surface area (Å²) in [5, 5.41) is 9.13. The van der Waals surface area contributed by atoms with Crippen LogP contribution in [0.5, 0.6) is 0 Å². The van der Waals surface area contributed by atoms with Crippen LogP contribution in [0.1, 0.15) is 6.92 Å². The number of nitrogens with one attached hydrogen (secondary N) is 3. The standard InChI is InChI=1S/C14H17N5O2S/c1-3-16-12-9-6-4-5-7-10(9)17-14(19-12)22-8-11(20)18-13(21)15-2/h4-7H,3,8H2,1-2H3,(H,16,17,19)(H2,15,18,20,21). The summed E-state index contributed by atoms with van der Waals surface area (Å²) in [5.74, 6) is 0.408. The molecule has 0 aliphatic rings. The molecule has 2 aromatic rings. The molecular formula is C14H17N5O2S. The molecule has 1 aromatic heterocycles. The van der Waals surface area contributed by atoms with E-state index in [1.54, 1.807) is 0 Å². The SMILES string of the molecule is CCNc1nc(SCC(=O)NC(=O)NC)nc2ccccc12. The van der Waals surface area contributed by atoms with Crippen LogP contribution >= 0.6 is 11.8 Å². The summed E-state index contributed by atoms with van der Waals surface area (Å²) in [4.78, 5) is 31.5. The van der Waals surface area contributed by atoms with Gasteiger partial charge >= 0.3 is 6.03 Å². The summed E-state index contributed by atoms with van der Waals surface area (Å²) in [6.07, 6.45) is 0. The highest BCUT2D eigenvalue weighted by Crippen LogP contribution is 2.24. The van der Waals surface area contributed by atoms with Crippen LogP contribution in [0.3, 0.4) is 0 Å². The molecule has 116 valence electrons. The largest absolute Gasteiger partial charge is 0.370 e. The molecule has 0 bridgehead atoms. The first-order valence-electron chi connectivity index (χ1n) is 6.79. The fraction of sp³-hybridized carbons (Fsp3) is 0.286. The smallest absolute Gasteiger partial charge is 0.321 e. The molecule has 0 atom stereocenters. The number of carbonyl (C=O) groups is 2. The first-order valence-corrected chi connectivity index (χ1v) is 7.77. The van der Waals surface area contributed by atoms with Crippen molar-refractivity contribution in [2.45, 2.75) is 12.1 Å². The fourth-order valence-electron chi connectivity index (χ4n) is 1.78. The number of urea groups is 1. The second-order valence-electron chi connectivity index (χ2n) is 4.32. The zero-order valence-electron chi connectivity index (χ0n) is 12.3. The molecule has 1 aromatic carbocycles. The summed E-state index contributed by atoms with van der Waals surface area (Å²) >= 11 is 1.18. The van der Waals surface area contributed by atoms with Gasteiger partial charge in [0, 0.05) is 19.0 Å². The number of hydrogen-bond acceptors (Lipinski definition) is 6. The summed E-state index contributed by atoms with van der Waals surface area (Å²) < 4.78 is 0. The van der Waals surface area contributed by atoms with Crippen molar-refractivity contribution in [2.24, 2.45) is 0 Å². The maximum Gasteiger partial charge on any atom is 0.321 e. The van der Waals surface area contributed by atoms with Gasteiger partial charge in [-0.25, -0.2) is 14.8 Å².